The van der Waals surface area contributed by atoms with Crippen LogP contribution in [0.5, 0.6) is 0 Å². The molecule has 4 rings (SSSR count). The lowest BCUT2D eigenvalue weighted by Crippen LogP contribution is -2.38. The second-order valence-corrected chi connectivity index (χ2v) is 6.95. The first-order valence-electron chi connectivity index (χ1n) is 7.92. The standard InChI is InChI=1S/C16H19N5O3/c1-15(2)11-3-5-17-13(12(11)14(22)24-15)20-7-4-16(23,9-20)10-21-8-6-18-19-21/h3,5-6,8,23H,4,7,9-10H2,1-2H3. The number of hydrogen-bond donors (Lipinski definition) is 1. The van der Waals surface area contributed by atoms with Crippen LogP contribution in [0.25, 0.3) is 0 Å². The molecule has 0 saturated carbocycles. The van der Waals surface area contributed by atoms with Crippen LogP contribution < -0.4 is 4.90 Å². The van der Waals surface area contributed by atoms with Crippen LogP contribution in [0.3, 0.4) is 0 Å². The Hall–Kier alpha value is -2.48. The number of aromatic nitrogens is 4. The molecule has 126 valence electrons. The molecular formula is C16H19N5O3. The molecule has 8 heteroatoms. The predicted molar refractivity (Wildman–Crippen MR) is 84.5 cm³/mol. The van der Waals surface area contributed by atoms with Crippen molar-refractivity contribution >= 4 is 11.8 Å². The first-order valence-corrected chi connectivity index (χ1v) is 7.92. The van der Waals surface area contributed by atoms with Crippen LogP contribution >= 0.6 is 0 Å². The van der Waals surface area contributed by atoms with Crippen molar-refractivity contribution in [1.82, 2.24) is 20.0 Å². The summed E-state index contributed by atoms with van der Waals surface area (Å²) in [5.74, 6) is 0.224. The Morgan fingerprint density at radius 2 is 2.21 bits per heavy atom. The predicted octanol–water partition coefficient (Wildman–Crippen LogP) is 0.720. The molecule has 0 bridgehead atoms. The molecule has 1 unspecified atom stereocenters. The minimum absolute atomic E-state index is 0.356. The number of β-amino-alcohol motifs (C(OH)–C–C–N with tert-alkyl or cyclic N) is 1. The number of ether oxygens (including phenoxy) is 1. The molecule has 2 aliphatic heterocycles. The Morgan fingerprint density at radius 3 is 2.96 bits per heavy atom. The Kier molecular flexibility index (Phi) is 3.14. The smallest absolute Gasteiger partial charge is 0.343 e. The third-order valence-corrected chi connectivity index (χ3v) is 4.69. The number of anilines is 1. The van der Waals surface area contributed by atoms with Gasteiger partial charge in [-0.3, -0.25) is 0 Å². The van der Waals surface area contributed by atoms with Gasteiger partial charge in [0.1, 0.15) is 22.6 Å². The van der Waals surface area contributed by atoms with Gasteiger partial charge in [0.05, 0.1) is 19.3 Å². The zero-order valence-corrected chi connectivity index (χ0v) is 13.6. The number of carbonyl (C=O) groups excluding carboxylic acids is 1. The molecule has 1 atom stereocenters. The summed E-state index contributed by atoms with van der Waals surface area (Å²) < 4.78 is 7.08. The monoisotopic (exact) mass is 329 g/mol. The number of esters is 1. The molecule has 2 aromatic heterocycles. The van der Waals surface area contributed by atoms with Crippen molar-refractivity contribution in [3.63, 3.8) is 0 Å². The quantitative estimate of drug-likeness (QED) is 0.829. The van der Waals surface area contributed by atoms with E-state index in [4.69, 9.17) is 4.74 Å². The highest BCUT2D eigenvalue weighted by atomic mass is 16.6. The highest BCUT2D eigenvalue weighted by Crippen LogP contribution is 2.40. The average molecular weight is 329 g/mol. The van der Waals surface area contributed by atoms with Crippen molar-refractivity contribution in [2.24, 2.45) is 0 Å². The van der Waals surface area contributed by atoms with E-state index in [0.29, 0.717) is 37.4 Å². The number of rotatable bonds is 3. The van der Waals surface area contributed by atoms with E-state index in [1.54, 1.807) is 23.3 Å². The van der Waals surface area contributed by atoms with Crippen LogP contribution in [0.1, 0.15) is 36.2 Å². The van der Waals surface area contributed by atoms with Crippen molar-refractivity contribution in [2.45, 2.75) is 38.0 Å². The molecular weight excluding hydrogens is 310 g/mol. The lowest BCUT2D eigenvalue weighted by molar-refractivity contribution is 0.00952. The molecule has 1 N–H and O–H groups in total. The van der Waals surface area contributed by atoms with Crippen molar-refractivity contribution < 1.29 is 14.6 Å². The number of pyridine rings is 1. The summed E-state index contributed by atoms with van der Waals surface area (Å²) in [6, 6.07) is 1.82. The summed E-state index contributed by atoms with van der Waals surface area (Å²) in [6.07, 6.45) is 5.56. The van der Waals surface area contributed by atoms with Crippen molar-refractivity contribution in [1.29, 1.82) is 0 Å². The molecule has 0 aliphatic carbocycles. The van der Waals surface area contributed by atoms with Crippen molar-refractivity contribution in [3.8, 4) is 0 Å². The molecule has 4 heterocycles. The van der Waals surface area contributed by atoms with Crippen LogP contribution in [0.4, 0.5) is 5.82 Å². The molecule has 1 saturated heterocycles. The molecule has 0 amide bonds. The van der Waals surface area contributed by atoms with Gasteiger partial charge < -0.3 is 14.7 Å². The Bertz CT molecular complexity index is 789. The van der Waals surface area contributed by atoms with E-state index in [2.05, 4.69) is 15.3 Å². The molecule has 2 aliphatic rings. The van der Waals surface area contributed by atoms with Crippen LogP contribution in [0, 0.1) is 0 Å². The molecule has 0 aromatic carbocycles. The first kappa shape index (κ1) is 15.1. The molecule has 24 heavy (non-hydrogen) atoms. The maximum absolute atomic E-state index is 12.3. The van der Waals surface area contributed by atoms with E-state index < -0.39 is 11.2 Å². The van der Waals surface area contributed by atoms with E-state index >= 15 is 0 Å². The fourth-order valence-corrected chi connectivity index (χ4v) is 3.52. The Balaban J connectivity index is 1.63. The summed E-state index contributed by atoms with van der Waals surface area (Å²) in [6.45, 7) is 5.08. The summed E-state index contributed by atoms with van der Waals surface area (Å²) in [7, 11) is 0. The third-order valence-electron chi connectivity index (χ3n) is 4.69. The van der Waals surface area contributed by atoms with E-state index in [9.17, 15) is 9.90 Å². The van der Waals surface area contributed by atoms with E-state index in [1.165, 1.54) is 0 Å². The van der Waals surface area contributed by atoms with Gasteiger partial charge in [0.25, 0.3) is 0 Å². The first-order chi connectivity index (χ1) is 11.4. The minimum Gasteiger partial charge on any atom is -0.451 e. The fraction of sp³-hybridized carbons (Fsp3) is 0.500. The van der Waals surface area contributed by atoms with Gasteiger partial charge in [-0.05, 0) is 26.3 Å². The maximum atomic E-state index is 12.3. The Labute approximate surface area is 139 Å². The second-order valence-electron chi connectivity index (χ2n) is 6.95. The third kappa shape index (κ3) is 2.34. The summed E-state index contributed by atoms with van der Waals surface area (Å²) in [5.41, 5.74) is -0.242. The number of aliphatic hydroxyl groups is 1. The van der Waals surface area contributed by atoms with Gasteiger partial charge in [-0.2, -0.15) is 0 Å². The zero-order valence-electron chi connectivity index (χ0n) is 13.6. The van der Waals surface area contributed by atoms with Gasteiger partial charge in [0.2, 0.25) is 0 Å². The Morgan fingerprint density at radius 1 is 1.38 bits per heavy atom. The number of hydrogen-bond acceptors (Lipinski definition) is 7. The number of fused-ring (bicyclic) bond motifs is 1. The maximum Gasteiger partial charge on any atom is 0.343 e. The number of cyclic esters (lactones) is 1. The van der Waals surface area contributed by atoms with Gasteiger partial charge in [-0.25, -0.2) is 14.5 Å². The van der Waals surface area contributed by atoms with Crippen molar-refractivity contribution in [2.75, 3.05) is 18.0 Å². The SMILES string of the molecule is CC1(C)OC(=O)c2c1ccnc2N1CCC(O)(Cn2ccnn2)C1. The van der Waals surface area contributed by atoms with E-state index in [0.717, 1.165) is 5.56 Å². The van der Waals surface area contributed by atoms with E-state index in [1.807, 2.05) is 24.8 Å². The summed E-state index contributed by atoms with van der Waals surface area (Å²) >= 11 is 0. The van der Waals surface area contributed by atoms with Gasteiger partial charge in [0, 0.05) is 24.5 Å². The van der Waals surface area contributed by atoms with Crippen LogP contribution in [0.2, 0.25) is 0 Å². The highest BCUT2D eigenvalue weighted by molar-refractivity contribution is 5.99. The highest BCUT2D eigenvalue weighted by Gasteiger charge is 2.44. The minimum atomic E-state index is -0.934. The molecule has 1 fully saturated rings. The second kappa shape index (κ2) is 5.01. The molecule has 0 radical (unpaired) electrons. The molecule has 8 nitrogen and oxygen atoms in total. The van der Waals surface area contributed by atoms with Gasteiger partial charge >= 0.3 is 5.97 Å². The van der Waals surface area contributed by atoms with Crippen molar-refractivity contribution in [3.05, 3.63) is 35.8 Å². The van der Waals surface area contributed by atoms with Crippen LogP contribution in [-0.4, -0.2) is 49.7 Å². The normalized spacial score (nSPS) is 25.0. The fourth-order valence-electron chi connectivity index (χ4n) is 3.52. The number of nitrogens with zero attached hydrogens (tertiary/aromatic N) is 5. The van der Waals surface area contributed by atoms with E-state index in [-0.39, 0.29) is 5.97 Å². The van der Waals surface area contributed by atoms with Crippen LogP contribution in [-0.2, 0) is 16.9 Å². The molecule has 2 aromatic rings. The summed E-state index contributed by atoms with van der Waals surface area (Å²) in [4.78, 5) is 18.6. The number of carbonyl (C=O) groups is 1. The average Bonchev–Trinajstić information content (AvgIpc) is 3.20. The van der Waals surface area contributed by atoms with Gasteiger partial charge in [-0.15, -0.1) is 5.10 Å². The van der Waals surface area contributed by atoms with Gasteiger partial charge in [-0.1, -0.05) is 5.21 Å². The lowest BCUT2D eigenvalue weighted by atomic mass is 9.97. The largest absolute Gasteiger partial charge is 0.451 e. The zero-order chi connectivity index (χ0) is 16.9. The lowest BCUT2D eigenvalue weighted by Gasteiger charge is -2.24. The summed E-state index contributed by atoms with van der Waals surface area (Å²) in [5, 5.41) is 18.5. The van der Waals surface area contributed by atoms with Gasteiger partial charge in [0.15, 0.2) is 0 Å². The topological polar surface area (TPSA) is 93.4 Å². The van der Waals surface area contributed by atoms with Crippen LogP contribution in [0.15, 0.2) is 24.7 Å². The molecule has 0 spiro atoms.